The van der Waals surface area contributed by atoms with E-state index in [0.29, 0.717) is 24.6 Å². The number of carbonyl (C=O) groups excluding carboxylic acids is 1. The zero-order valence-electron chi connectivity index (χ0n) is 13.8. The number of amides is 2. The molecule has 0 aliphatic heterocycles. The quantitative estimate of drug-likeness (QED) is 0.735. The monoisotopic (exact) mass is 376 g/mol. The molecular weight excluding hydrogens is 360 g/mol. The van der Waals surface area contributed by atoms with Crippen LogP contribution in [0.25, 0.3) is 5.69 Å². The number of aromatic nitrogens is 4. The molecule has 0 aliphatic rings. The van der Waals surface area contributed by atoms with Gasteiger partial charge in [-0.2, -0.15) is 4.68 Å². The van der Waals surface area contributed by atoms with Crippen molar-refractivity contribution in [2.45, 2.75) is 20.4 Å². The molecule has 1 N–H and O–H groups in total. The van der Waals surface area contributed by atoms with Gasteiger partial charge in [-0.15, -0.1) is 16.4 Å². The molecule has 0 bridgehead atoms. The normalized spacial score (nSPS) is 10.7. The number of thiophene rings is 1. The minimum Gasteiger partial charge on any atom is -0.320 e. The van der Waals surface area contributed by atoms with Gasteiger partial charge < -0.3 is 10.2 Å². The molecule has 1 aromatic carbocycles. The Morgan fingerprint density at radius 2 is 2.20 bits per heavy atom. The van der Waals surface area contributed by atoms with E-state index >= 15 is 0 Å². The predicted octanol–water partition coefficient (Wildman–Crippen LogP) is 3.74. The van der Waals surface area contributed by atoms with Crippen molar-refractivity contribution in [2.75, 3.05) is 11.9 Å². The average molecular weight is 377 g/mol. The molecular formula is C16H17ClN6OS. The van der Waals surface area contributed by atoms with Gasteiger partial charge in [0.1, 0.15) is 0 Å². The third-order valence-corrected chi connectivity index (χ3v) is 4.83. The third kappa shape index (κ3) is 4.15. The van der Waals surface area contributed by atoms with E-state index in [1.54, 1.807) is 9.58 Å². The molecule has 0 fully saturated rings. The lowest BCUT2D eigenvalue weighted by Gasteiger charge is -2.21. The maximum Gasteiger partial charge on any atom is 0.322 e. The van der Waals surface area contributed by atoms with Crippen molar-refractivity contribution in [3.8, 4) is 5.69 Å². The second-order valence-corrected chi connectivity index (χ2v) is 7.14. The van der Waals surface area contributed by atoms with Crippen molar-refractivity contribution < 1.29 is 4.79 Å². The van der Waals surface area contributed by atoms with E-state index in [0.717, 1.165) is 14.9 Å². The summed E-state index contributed by atoms with van der Waals surface area (Å²) >= 11 is 7.43. The number of anilines is 1. The lowest BCUT2D eigenvalue weighted by atomic mass is 10.2. The van der Waals surface area contributed by atoms with Gasteiger partial charge in [-0.3, -0.25) is 0 Å². The van der Waals surface area contributed by atoms with Crippen molar-refractivity contribution in [3.63, 3.8) is 0 Å². The van der Waals surface area contributed by atoms with Gasteiger partial charge in [-0.1, -0.05) is 17.7 Å². The molecule has 3 aromatic rings. The summed E-state index contributed by atoms with van der Waals surface area (Å²) < 4.78 is 2.33. The van der Waals surface area contributed by atoms with Gasteiger partial charge in [-0.25, -0.2) is 4.79 Å². The number of carbonyl (C=O) groups is 1. The van der Waals surface area contributed by atoms with Crippen LogP contribution in [-0.2, 0) is 6.54 Å². The fourth-order valence-electron chi connectivity index (χ4n) is 2.34. The first-order chi connectivity index (χ1) is 12.1. The summed E-state index contributed by atoms with van der Waals surface area (Å²) in [6, 6.07) is 11.0. The number of hydrogen-bond acceptors (Lipinski definition) is 5. The minimum absolute atomic E-state index is 0.169. The second kappa shape index (κ2) is 7.62. The van der Waals surface area contributed by atoms with E-state index in [4.69, 9.17) is 11.6 Å². The highest BCUT2D eigenvalue weighted by atomic mass is 35.5. The largest absolute Gasteiger partial charge is 0.322 e. The van der Waals surface area contributed by atoms with E-state index in [9.17, 15) is 4.79 Å². The standard InChI is InChI=1S/C16H17ClN6OS/c1-3-22(10-14-7-8-15(17)25-14)16(24)18-12-5-4-6-13(9-12)23-11(2)19-20-21-23/h4-9H,3,10H2,1-2H3,(H,18,24). The number of tetrazole rings is 1. The fraction of sp³-hybridized carbons (Fsp3) is 0.250. The van der Waals surface area contributed by atoms with Crippen LogP contribution in [-0.4, -0.2) is 37.7 Å². The number of urea groups is 1. The topological polar surface area (TPSA) is 75.9 Å². The van der Waals surface area contributed by atoms with Crippen LogP contribution in [0, 0.1) is 6.92 Å². The SMILES string of the molecule is CCN(Cc1ccc(Cl)s1)C(=O)Nc1cccc(-n2nnnc2C)c1. The van der Waals surface area contributed by atoms with Crippen LogP contribution in [0.2, 0.25) is 4.34 Å². The van der Waals surface area contributed by atoms with Gasteiger partial charge in [-0.05, 0) is 54.6 Å². The zero-order chi connectivity index (χ0) is 17.8. The van der Waals surface area contributed by atoms with Crippen LogP contribution < -0.4 is 5.32 Å². The highest BCUT2D eigenvalue weighted by Crippen LogP contribution is 2.23. The molecule has 0 aliphatic carbocycles. The molecule has 7 nitrogen and oxygen atoms in total. The first kappa shape index (κ1) is 17.4. The Labute approximate surface area is 154 Å². The first-order valence-electron chi connectivity index (χ1n) is 7.72. The Hall–Kier alpha value is -2.45. The van der Waals surface area contributed by atoms with E-state index in [1.165, 1.54) is 11.3 Å². The number of hydrogen-bond donors (Lipinski definition) is 1. The van der Waals surface area contributed by atoms with Crippen LogP contribution in [0.5, 0.6) is 0 Å². The maximum atomic E-state index is 12.6. The van der Waals surface area contributed by atoms with E-state index in [2.05, 4.69) is 20.8 Å². The Balaban J connectivity index is 1.72. The number of aryl methyl sites for hydroxylation is 1. The van der Waals surface area contributed by atoms with Gasteiger partial charge in [0, 0.05) is 17.1 Å². The Kier molecular flexibility index (Phi) is 5.30. The molecule has 3 rings (SSSR count). The molecule has 25 heavy (non-hydrogen) atoms. The lowest BCUT2D eigenvalue weighted by Crippen LogP contribution is -2.34. The molecule has 0 radical (unpaired) electrons. The van der Waals surface area contributed by atoms with Crippen molar-refractivity contribution in [2.24, 2.45) is 0 Å². The Bertz CT molecular complexity index is 877. The van der Waals surface area contributed by atoms with Crippen molar-refractivity contribution in [3.05, 3.63) is 51.4 Å². The van der Waals surface area contributed by atoms with Crippen LogP contribution in [0.15, 0.2) is 36.4 Å². The predicted molar refractivity (Wildman–Crippen MR) is 98.3 cm³/mol. The highest BCUT2D eigenvalue weighted by Gasteiger charge is 2.14. The molecule has 130 valence electrons. The molecule has 0 atom stereocenters. The second-order valence-electron chi connectivity index (χ2n) is 5.34. The molecule has 2 aromatic heterocycles. The van der Waals surface area contributed by atoms with Crippen LogP contribution in [0.1, 0.15) is 17.6 Å². The number of nitrogens with one attached hydrogen (secondary N) is 1. The molecule has 2 heterocycles. The number of rotatable bonds is 5. The van der Waals surface area contributed by atoms with E-state index in [1.807, 2.05) is 50.2 Å². The van der Waals surface area contributed by atoms with Crippen LogP contribution in [0.3, 0.4) is 0 Å². The summed E-state index contributed by atoms with van der Waals surface area (Å²) in [7, 11) is 0. The highest BCUT2D eigenvalue weighted by molar-refractivity contribution is 7.16. The van der Waals surface area contributed by atoms with Crippen LogP contribution >= 0.6 is 22.9 Å². The number of nitrogens with zero attached hydrogens (tertiary/aromatic N) is 5. The Morgan fingerprint density at radius 1 is 1.36 bits per heavy atom. The van der Waals surface area contributed by atoms with Gasteiger partial charge >= 0.3 is 6.03 Å². The zero-order valence-corrected chi connectivity index (χ0v) is 15.4. The summed E-state index contributed by atoms with van der Waals surface area (Å²) in [5.41, 5.74) is 1.47. The van der Waals surface area contributed by atoms with Gasteiger partial charge in [0.25, 0.3) is 0 Å². The minimum atomic E-state index is -0.169. The van der Waals surface area contributed by atoms with Crippen molar-refractivity contribution in [1.82, 2.24) is 25.1 Å². The molecule has 0 saturated carbocycles. The maximum absolute atomic E-state index is 12.6. The first-order valence-corrected chi connectivity index (χ1v) is 8.92. The summed E-state index contributed by atoms with van der Waals surface area (Å²) in [5, 5.41) is 14.4. The van der Waals surface area contributed by atoms with Gasteiger partial charge in [0.05, 0.1) is 16.6 Å². The lowest BCUT2D eigenvalue weighted by molar-refractivity contribution is 0.212. The molecule has 0 unspecified atom stereocenters. The third-order valence-electron chi connectivity index (χ3n) is 3.61. The smallest absolute Gasteiger partial charge is 0.320 e. The Morgan fingerprint density at radius 3 is 2.84 bits per heavy atom. The van der Waals surface area contributed by atoms with Crippen molar-refractivity contribution in [1.29, 1.82) is 0 Å². The summed E-state index contributed by atoms with van der Waals surface area (Å²) in [6.07, 6.45) is 0. The molecule has 0 spiro atoms. The van der Waals surface area contributed by atoms with Crippen molar-refractivity contribution >= 4 is 34.7 Å². The average Bonchev–Trinajstić information content (AvgIpc) is 3.21. The van der Waals surface area contributed by atoms with Gasteiger partial charge in [0.15, 0.2) is 5.82 Å². The molecule has 2 amide bonds. The van der Waals surface area contributed by atoms with E-state index in [-0.39, 0.29) is 6.03 Å². The summed E-state index contributed by atoms with van der Waals surface area (Å²) in [6.45, 7) is 4.87. The fourth-order valence-corrected chi connectivity index (χ4v) is 3.44. The number of benzene rings is 1. The van der Waals surface area contributed by atoms with Gasteiger partial charge in [0.2, 0.25) is 0 Å². The van der Waals surface area contributed by atoms with E-state index < -0.39 is 0 Å². The molecule has 0 saturated heterocycles. The van der Waals surface area contributed by atoms with Crippen LogP contribution in [0.4, 0.5) is 10.5 Å². The summed E-state index contributed by atoms with van der Waals surface area (Å²) in [5.74, 6) is 0.674. The number of halogens is 1. The molecule has 9 heteroatoms. The summed E-state index contributed by atoms with van der Waals surface area (Å²) in [4.78, 5) is 15.3.